The number of carboxylic acid groups (broad SMARTS) is 1. The number of hydrogen-bond acceptors (Lipinski definition) is 2. The van der Waals surface area contributed by atoms with Crippen LogP contribution in [0.2, 0.25) is 0 Å². The molecule has 0 aromatic heterocycles. The van der Waals surface area contributed by atoms with E-state index in [-0.39, 0.29) is 18.0 Å². The van der Waals surface area contributed by atoms with Gasteiger partial charge in [-0.15, -0.1) is 0 Å². The molecule has 0 bridgehead atoms. The molecule has 0 radical (unpaired) electrons. The fourth-order valence-electron chi connectivity index (χ4n) is 2.83. The van der Waals surface area contributed by atoms with Gasteiger partial charge in [0.25, 0.3) is 0 Å². The van der Waals surface area contributed by atoms with Crippen molar-refractivity contribution in [3.63, 3.8) is 0 Å². The van der Waals surface area contributed by atoms with Gasteiger partial charge in [-0.05, 0) is 24.8 Å². The molecule has 3 atom stereocenters. The number of rotatable bonds is 4. The van der Waals surface area contributed by atoms with Gasteiger partial charge in [0.2, 0.25) is 5.91 Å². The maximum atomic E-state index is 13.5. The standard InChI is InChI=1S/C15H17F2NO3/c1-8-4-11(12(5-8)15(20)21)14(19)18-7-9-2-3-10(16)6-13(9)17/h2-3,6,8,11-12H,4-5,7H2,1H3,(H,18,19)(H,20,21)/t8?,11-,12+/m0/s1. The lowest BCUT2D eigenvalue weighted by molar-refractivity contribution is -0.146. The summed E-state index contributed by atoms with van der Waals surface area (Å²) >= 11 is 0. The molecule has 2 rings (SSSR count). The van der Waals surface area contributed by atoms with E-state index in [1.54, 1.807) is 0 Å². The lowest BCUT2D eigenvalue weighted by Crippen LogP contribution is -2.35. The molecule has 0 spiro atoms. The predicted molar refractivity (Wildman–Crippen MR) is 71.2 cm³/mol. The van der Waals surface area contributed by atoms with Crippen LogP contribution in [0.4, 0.5) is 8.78 Å². The third-order valence-electron chi connectivity index (χ3n) is 3.92. The monoisotopic (exact) mass is 297 g/mol. The minimum atomic E-state index is -0.979. The van der Waals surface area contributed by atoms with Crippen molar-refractivity contribution in [3.8, 4) is 0 Å². The average molecular weight is 297 g/mol. The van der Waals surface area contributed by atoms with Crippen LogP contribution in [0.15, 0.2) is 18.2 Å². The first kappa shape index (κ1) is 15.4. The predicted octanol–water partition coefficient (Wildman–Crippen LogP) is 2.33. The van der Waals surface area contributed by atoms with E-state index in [1.165, 1.54) is 6.07 Å². The summed E-state index contributed by atoms with van der Waals surface area (Å²) in [6, 6.07) is 3.12. The highest BCUT2D eigenvalue weighted by Gasteiger charge is 2.41. The second-order valence-corrected chi connectivity index (χ2v) is 5.58. The van der Waals surface area contributed by atoms with Crippen molar-refractivity contribution < 1.29 is 23.5 Å². The number of benzene rings is 1. The summed E-state index contributed by atoms with van der Waals surface area (Å²) in [5.41, 5.74) is 0.169. The van der Waals surface area contributed by atoms with E-state index in [2.05, 4.69) is 5.32 Å². The maximum absolute atomic E-state index is 13.5. The number of carbonyl (C=O) groups is 2. The molecule has 0 heterocycles. The molecule has 1 aromatic carbocycles. The number of halogens is 2. The Labute approximate surface area is 121 Å². The summed E-state index contributed by atoms with van der Waals surface area (Å²) in [5, 5.41) is 11.7. The molecule has 1 unspecified atom stereocenters. The number of nitrogens with one attached hydrogen (secondary N) is 1. The molecule has 1 aliphatic carbocycles. The van der Waals surface area contributed by atoms with Crippen molar-refractivity contribution in [3.05, 3.63) is 35.4 Å². The Morgan fingerprint density at radius 3 is 2.57 bits per heavy atom. The number of aliphatic carboxylic acids is 1. The van der Waals surface area contributed by atoms with E-state index in [9.17, 15) is 18.4 Å². The normalized spacial score (nSPS) is 24.8. The van der Waals surface area contributed by atoms with Crippen LogP contribution < -0.4 is 5.32 Å². The van der Waals surface area contributed by atoms with E-state index in [0.29, 0.717) is 12.8 Å². The largest absolute Gasteiger partial charge is 0.481 e. The van der Waals surface area contributed by atoms with Crippen LogP contribution in [0.1, 0.15) is 25.3 Å². The van der Waals surface area contributed by atoms with Gasteiger partial charge in [-0.1, -0.05) is 13.0 Å². The van der Waals surface area contributed by atoms with E-state index in [1.807, 2.05) is 6.92 Å². The summed E-state index contributed by atoms with van der Waals surface area (Å²) < 4.78 is 26.2. The minimum absolute atomic E-state index is 0.0812. The lowest BCUT2D eigenvalue weighted by Gasteiger charge is -2.15. The highest BCUT2D eigenvalue weighted by atomic mass is 19.1. The molecule has 1 aromatic rings. The van der Waals surface area contributed by atoms with Crippen molar-refractivity contribution in [2.45, 2.75) is 26.3 Å². The van der Waals surface area contributed by atoms with Crippen LogP contribution >= 0.6 is 0 Å². The van der Waals surface area contributed by atoms with Gasteiger partial charge < -0.3 is 10.4 Å². The molecule has 2 N–H and O–H groups in total. The highest BCUT2D eigenvalue weighted by Crippen LogP contribution is 2.36. The van der Waals surface area contributed by atoms with E-state index in [4.69, 9.17) is 5.11 Å². The van der Waals surface area contributed by atoms with Crippen LogP contribution in [0.5, 0.6) is 0 Å². The van der Waals surface area contributed by atoms with Crippen molar-refractivity contribution in [1.29, 1.82) is 0 Å². The van der Waals surface area contributed by atoms with E-state index in [0.717, 1.165) is 12.1 Å². The number of carbonyl (C=O) groups excluding carboxylic acids is 1. The molecule has 4 nitrogen and oxygen atoms in total. The zero-order valence-corrected chi connectivity index (χ0v) is 11.6. The van der Waals surface area contributed by atoms with Crippen LogP contribution in [0, 0.1) is 29.4 Å². The van der Waals surface area contributed by atoms with Crippen molar-refractivity contribution in [2.24, 2.45) is 17.8 Å². The van der Waals surface area contributed by atoms with Gasteiger partial charge >= 0.3 is 5.97 Å². The van der Waals surface area contributed by atoms with Crippen LogP contribution in [-0.2, 0) is 16.1 Å². The second kappa shape index (κ2) is 6.20. The zero-order chi connectivity index (χ0) is 15.6. The summed E-state index contributed by atoms with van der Waals surface area (Å²) in [7, 11) is 0. The Morgan fingerprint density at radius 2 is 1.95 bits per heavy atom. The van der Waals surface area contributed by atoms with Gasteiger partial charge in [-0.2, -0.15) is 0 Å². The van der Waals surface area contributed by atoms with E-state index < -0.39 is 35.3 Å². The molecule has 0 saturated heterocycles. The fourth-order valence-corrected chi connectivity index (χ4v) is 2.83. The number of hydrogen-bond donors (Lipinski definition) is 2. The Kier molecular flexibility index (Phi) is 4.55. The minimum Gasteiger partial charge on any atom is -0.481 e. The molecular formula is C15H17F2NO3. The summed E-state index contributed by atoms with van der Waals surface area (Å²) in [4.78, 5) is 23.2. The Morgan fingerprint density at radius 1 is 1.29 bits per heavy atom. The molecule has 21 heavy (non-hydrogen) atoms. The molecule has 1 saturated carbocycles. The fraction of sp³-hybridized carbons (Fsp3) is 0.467. The first-order chi connectivity index (χ1) is 9.88. The van der Waals surface area contributed by atoms with Crippen molar-refractivity contribution >= 4 is 11.9 Å². The SMILES string of the molecule is CC1C[C@H](C(=O)NCc2ccc(F)cc2F)[C@H](C(=O)O)C1. The van der Waals surface area contributed by atoms with Gasteiger partial charge in [-0.3, -0.25) is 9.59 Å². The molecule has 0 aliphatic heterocycles. The van der Waals surface area contributed by atoms with Crippen LogP contribution in [0.3, 0.4) is 0 Å². The lowest BCUT2D eigenvalue weighted by atomic mass is 9.95. The van der Waals surface area contributed by atoms with Crippen LogP contribution in [0.25, 0.3) is 0 Å². The molecule has 1 amide bonds. The third kappa shape index (κ3) is 3.56. The summed E-state index contributed by atoms with van der Waals surface area (Å²) in [5.74, 6) is -3.91. The Hall–Kier alpha value is -1.98. The van der Waals surface area contributed by atoms with Gasteiger partial charge in [-0.25, -0.2) is 8.78 Å². The number of amides is 1. The average Bonchev–Trinajstić information content (AvgIpc) is 2.80. The molecule has 1 fully saturated rings. The maximum Gasteiger partial charge on any atom is 0.307 e. The van der Waals surface area contributed by atoms with Crippen molar-refractivity contribution in [2.75, 3.05) is 0 Å². The smallest absolute Gasteiger partial charge is 0.307 e. The van der Waals surface area contributed by atoms with Crippen LogP contribution in [-0.4, -0.2) is 17.0 Å². The van der Waals surface area contributed by atoms with Gasteiger partial charge in [0.15, 0.2) is 0 Å². The Balaban J connectivity index is 1.99. The second-order valence-electron chi connectivity index (χ2n) is 5.58. The first-order valence-corrected chi connectivity index (χ1v) is 6.83. The molecule has 6 heteroatoms. The summed E-state index contributed by atoms with van der Waals surface area (Å²) in [6.45, 7) is 1.82. The third-order valence-corrected chi connectivity index (χ3v) is 3.92. The molecule has 1 aliphatic rings. The molecular weight excluding hydrogens is 280 g/mol. The van der Waals surface area contributed by atoms with Crippen molar-refractivity contribution in [1.82, 2.24) is 5.32 Å². The zero-order valence-electron chi connectivity index (χ0n) is 11.6. The van der Waals surface area contributed by atoms with Gasteiger partial charge in [0.05, 0.1) is 11.8 Å². The Bertz CT molecular complexity index is 562. The quantitative estimate of drug-likeness (QED) is 0.896. The number of carboxylic acids is 1. The van der Waals surface area contributed by atoms with Gasteiger partial charge in [0.1, 0.15) is 11.6 Å². The molecule has 114 valence electrons. The first-order valence-electron chi connectivity index (χ1n) is 6.83. The topological polar surface area (TPSA) is 66.4 Å². The van der Waals surface area contributed by atoms with Gasteiger partial charge in [0, 0.05) is 18.2 Å². The van der Waals surface area contributed by atoms with E-state index >= 15 is 0 Å². The summed E-state index contributed by atoms with van der Waals surface area (Å²) in [6.07, 6.45) is 0.979. The highest BCUT2D eigenvalue weighted by molar-refractivity contribution is 5.85.